The van der Waals surface area contributed by atoms with Crippen LogP contribution in [0.25, 0.3) is 0 Å². The normalized spacial score (nSPS) is 19.6. The van der Waals surface area contributed by atoms with Gasteiger partial charge in [0.15, 0.2) is 0 Å². The summed E-state index contributed by atoms with van der Waals surface area (Å²) in [7, 11) is 0. The predicted molar refractivity (Wildman–Crippen MR) is 64.9 cm³/mol. The fourth-order valence-electron chi connectivity index (χ4n) is 1.88. The third-order valence-electron chi connectivity index (χ3n) is 2.92. The number of hydrogen-bond donors (Lipinski definition) is 1. The molecule has 4 nitrogen and oxygen atoms in total. The first-order valence-corrected chi connectivity index (χ1v) is 5.92. The molecular weight excluding hydrogens is 259 g/mol. The van der Waals surface area contributed by atoms with Gasteiger partial charge in [0.1, 0.15) is 11.9 Å². The Bertz CT molecular complexity index is 507. The second-order valence-electron chi connectivity index (χ2n) is 4.09. The molecule has 1 atom stereocenters. The zero-order valence-corrected chi connectivity index (χ0v) is 10.5. The average molecular weight is 271 g/mol. The van der Waals surface area contributed by atoms with Crippen LogP contribution in [0.3, 0.4) is 0 Å². The highest BCUT2D eigenvalue weighted by atomic mass is 35.5. The van der Waals surface area contributed by atoms with E-state index >= 15 is 0 Å². The monoisotopic (exact) mass is 270 g/mol. The first kappa shape index (κ1) is 12.8. The third kappa shape index (κ3) is 2.31. The van der Waals surface area contributed by atoms with Crippen LogP contribution in [0.4, 0.5) is 4.39 Å². The highest BCUT2D eigenvalue weighted by Gasteiger charge is 2.30. The minimum Gasteiger partial charge on any atom is -0.353 e. The molecule has 1 heterocycles. The van der Waals surface area contributed by atoms with Gasteiger partial charge in [-0.2, -0.15) is 0 Å². The van der Waals surface area contributed by atoms with E-state index in [9.17, 15) is 14.0 Å². The van der Waals surface area contributed by atoms with Crippen LogP contribution in [-0.2, 0) is 4.79 Å². The summed E-state index contributed by atoms with van der Waals surface area (Å²) in [6.45, 7) is 2.47. The van der Waals surface area contributed by atoms with Crippen LogP contribution in [0, 0.1) is 5.82 Å². The fraction of sp³-hybridized carbons (Fsp3) is 0.333. The van der Waals surface area contributed by atoms with E-state index in [1.54, 1.807) is 6.92 Å². The minimum atomic E-state index is -0.549. The molecule has 1 aliphatic heterocycles. The van der Waals surface area contributed by atoms with Crippen LogP contribution >= 0.6 is 11.6 Å². The van der Waals surface area contributed by atoms with Crippen molar-refractivity contribution in [2.75, 3.05) is 13.1 Å². The molecule has 1 N–H and O–H groups in total. The zero-order valence-electron chi connectivity index (χ0n) is 9.74. The van der Waals surface area contributed by atoms with E-state index in [2.05, 4.69) is 5.32 Å². The number of rotatable bonds is 1. The molecular formula is C12H12ClFN2O2. The summed E-state index contributed by atoms with van der Waals surface area (Å²) < 4.78 is 12.9. The smallest absolute Gasteiger partial charge is 0.256 e. The largest absolute Gasteiger partial charge is 0.353 e. The van der Waals surface area contributed by atoms with Gasteiger partial charge in [-0.3, -0.25) is 9.59 Å². The minimum absolute atomic E-state index is 0.0539. The van der Waals surface area contributed by atoms with E-state index in [4.69, 9.17) is 11.6 Å². The van der Waals surface area contributed by atoms with Crippen molar-refractivity contribution in [3.63, 3.8) is 0 Å². The molecule has 1 aromatic carbocycles. The molecule has 1 aromatic rings. The molecule has 0 aromatic heterocycles. The predicted octanol–water partition coefficient (Wildman–Crippen LogP) is 1.44. The summed E-state index contributed by atoms with van der Waals surface area (Å²) >= 11 is 5.84. The number of amides is 2. The lowest BCUT2D eigenvalue weighted by Crippen LogP contribution is -2.55. The summed E-state index contributed by atoms with van der Waals surface area (Å²) in [5.74, 6) is -1.06. The molecule has 0 saturated carbocycles. The second kappa shape index (κ2) is 4.94. The molecule has 2 amide bonds. The van der Waals surface area contributed by atoms with Gasteiger partial charge in [-0.1, -0.05) is 11.6 Å². The molecule has 0 bridgehead atoms. The number of nitrogens with zero attached hydrogens (tertiary/aromatic N) is 1. The van der Waals surface area contributed by atoms with Gasteiger partial charge in [-0.15, -0.1) is 0 Å². The van der Waals surface area contributed by atoms with Crippen molar-refractivity contribution < 1.29 is 14.0 Å². The van der Waals surface area contributed by atoms with Crippen molar-refractivity contribution in [2.24, 2.45) is 0 Å². The van der Waals surface area contributed by atoms with E-state index in [0.717, 1.165) is 6.07 Å². The molecule has 1 saturated heterocycles. The Balaban J connectivity index is 2.28. The highest BCUT2D eigenvalue weighted by Crippen LogP contribution is 2.20. The lowest BCUT2D eigenvalue weighted by molar-refractivity contribution is -0.127. The van der Waals surface area contributed by atoms with Crippen molar-refractivity contribution in [2.45, 2.75) is 13.0 Å². The lowest BCUT2D eigenvalue weighted by Gasteiger charge is -2.33. The Morgan fingerprint density at radius 2 is 2.28 bits per heavy atom. The standard InChI is InChI=1S/C12H12ClFN2O2/c1-7-11(17)15-4-5-16(7)12(18)9-3-2-8(14)6-10(9)13/h2-3,6-7H,4-5H2,1H3,(H,15,17). The van der Waals surface area contributed by atoms with Crippen LogP contribution in [0.5, 0.6) is 0 Å². The van der Waals surface area contributed by atoms with Gasteiger partial charge in [-0.05, 0) is 25.1 Å². The van der Waals surface area contributed by atoms with E-state index in [1.165, 1.54) is 17.0 Å². The van der Waals surface area contributed by atoms with Gasteiger partial charge in [0, 0.05) is 13.1 Å². The first-order chi connectivity index (χ1) is 8.50. The molecule has 2 rings (SSSR count). The van der Waals surface area contributed by atoms with Crippen molar-refractivity contribution in [3.05, 3.63) is 34.6 Å². The molecule has 1 fully saturated rings. The summed E-state index contributed by atoms with van der Waals surface area (Å²) in [6.07, 6.45) is 0. The summed E-state index contributed by atoms with van der Waals surface area (Å²) in [5.41, 5.74) is 0.208. The number of halogens is 2. The maximum absolute atomic E-state index is 12.9. The maximum Gasteiger partial charge on any atom is 0.256 e. The first-order valence-electron chi connectivity index (χ1n) is 5.54. The van der Waals surface area contributed by atoms with Crippen LogP contribution in [0.15, 0.2) is 18.2 Å². The van der Waals surface area contributed by atoms with Gasteiger partial charge in [0.2, 0.25) is 5.91 Å². The molecule has 0 spiro atoms. The van der Waals surface area contributed by atoms with E-state index in [0.29, 0.717) is 13.1 Å². The quantitative estimate of drug-likeness (QED) is 0.839. The Hall–Kier alpha value is -1.62. The van der Waals surface area contributed by atoms with Crippen molar-refractivity contribution in [1.82, 2.24) is 10.2 Å². The maximum atomic E-state index is 12.9. The van der Waals surface area contributed by atoms with Crippen LogP contribution < -0.4 is 5.32 Å². The van der Waals surface area contributed by atoms with Gasteiger partial charge >= 0.3 is 0 Å². The van der Waals surface area contributed by atoms with E-state index in [-0.39, 0.29) is 22.4 Å². The molecule has 1 unspecified atom stereocenters. The van der Waals surface area contributed by atoms with Gasteiger partial charge in [0.25, 0.3) is 5.91 Å². The zero-order chi connectivity index (χ0) is 13.3. The van der Waals surface area contributed by atoms with Gasteiger partial charge < -0.3 is 10.2 Å². The molecule has 18 heavy (non-hydrogen) atoms. The Labute approximate surface area is 109 Å². The second-order valence-corrected chi connectivity index (χ2v) is 4.50. The number of benzene rings is 1. The van der Waals surface area contributed by atoms with Gasteiger partial charge in [-0.25, -0.2) is 4.39 Å². The Morgan fingerprint density at radius 3 is 2.94 bits per heavy atom. The summed E-state index contributed by atoms with van der Waals surface area (Å²) in [6, 6.07) is 3.05. The molecule has 0 aliphatic carbocycles. The molecule has 1 aliphatic rings. The molecule has 0 radical (unpaired) electrons. The van der Waals surface area contributed by atoms with Crippen LogP contribution in [0.1, 0.15) is 17.3 Å². The van der Waals surface area contributed by atoms with E-state index < -0.39 is 11.9 Å². The number of nitrogens with one attached hydrogen (secondary N) is 1. The van der Waals surface area contributed by atoms with Crippen molar-refractivity contribution >= 4 is 23.4 Å². The molecule has 6 heteroatoms. The number of carbonyl (C=O) groups is 2. The molecule has 96 valence electrons. The van der Waals surface area contributed by atoms with Gasteiger partial charge in [0.05, 0.1) is 10.6 Å². The number of hydrogen-bond acceptors (Lipinski definition) is 2. The average Bonchev–Trinajstić information content (AvgIpc) is 2.32. The Morgan fingerprint density at radius 1 is 1.56 bits per heavy atom. The van der Waals surface area contributed by atoms with Crippen LogP contribution in [-0.4, -0.2) is 35.8 Å². The van der Waals surface area contributed by atoms with E-state index in [1.807, 2.05) is 0 Å². The Kier molecular flexibility index (Phi) is 3.52. The highest BCUT2D eigenvalue weighted by molar-refractivity contribution is 6.33. The SMILES string of the molecule is CC1C(=O)NCCN1C(=O)c1ccc(F)cc1Cl. The number of piperazine rings is 1. The van der Waals surface area contributed by atoms with Crippen LogP contribution in [0.2, 0.25) is 5.02 Å². The van der Waals surface area contributed by atoms with Crippen molar-refractivity contribution in [1.29, 1.82) is 0 Å². The topological polar surface area (TPSA) is 49.4 Å². The number of carbonyl (C=O) groups excluding carboxylic acids is 2. The third-order valence-corrected chi connectivity index (χ3v) is 3.23. The summed E-state index contributed by atoms with van der Waals surface area (Å²) in [4.78, 5) is 25.1. The van der Waals surface area contributed by atoms with Crippen molar-refractivity contribution in [3.8, 4) is 0 Å². The lowest BCUT2D eigenvalue weighted by atomic mass is 10.1. The summed E-state index contributed by atoms with van der Waals surface area (Å²) in [5, 5.41) is 2.72. The fourth-order valence-corrected chi connectivity index (χ4v) is 2.13.